The highest BCUT2D eigenvalue weighted by atomic mass is 16.5. The van der Waals surface area contributed by atoms with Crippen molar-refractivity contribution in [2.24, 2.45) is 0 Å². The zero-order valence-electron chi connectivity index (χ0n) is 15.0. The van der Waals surface area contributed by atoms with Crippen molar-refractivity contribution in [3.05, 3.63) is 72.1 Å². The molecule has 2 heterocycles. The summed E-state index contributed by atoms with van der Waals surface area (Å²) in [5.74, 6) is 1.66. The molecule has 0 saturated heterocycles. The molecule has 0 aliphatic carbocycles. The number of nitrogens with one attached hydrogen (secondary N) is 1. The van der Waals surface area contributed by atoms with Gasteiger partial charge in [-0.2, -0.15) is 9.61 Å². The number of nitrogens with zero attached hydrogens (tertiary/aromatic N) is 3. The predicted molar refractivity (Wildman–Crippen MR) is 104 cm³/mol. The lowest BCUT2D eigenvalue weighted by Crippen LogP contribution is -2.02. The topological polar surface area (TPSA) is 51.5 Å². The van der Waals surface area contributed by atoms with Crippen LogP contribution in [0.1, 0.15) is 11.3 Å². The lowest BCUT2D eigenvalue weighted by atomic mass is 10.1. The number of benzene rings is 2. The summed E-state index contributed by atoms with van der Waals surface area (Å²) in [5, 5.41) is 7.97. The highest BCUT2D eigenvalue weighted by Crippen LogP contribution is 2.28. The standard InChI is InChI=1S/C21H20N4O/c1-14-7-9-16(10-8-14)19-13-22-25-20(11-15(2)23-21(19)25)24-17-5-4-6-18(12-17)26-3/h4-13,24H,1-3H3. The van der Waals surface area contributed by atoms with Gasteiger partial charge in [0.15, 0.2) is 5.65 Å². The lowest BCUT2D eigenvalue weighted by Gasteiger charge is -2.11. The van der Waals surface area contributed by atoms with Gasteiger partial charge in [0, 0.05) is 29.1 Å². The molecule has 0 atom stereocenters. The Kier molecular flexibility index (Phi) is 4.05. The molecular formula is C21H20N4O. The van der Waals surface area contributed by atoms with Crippen molar-refractivity contribution >= 4 is 17.2 Å². The van der Waals surface area contributed by atoms with Gasteiger partial charge in [-0.25, -0.2) is 4.98 Å². The smallest absolute Gasteiger partial charge is 0.165 e. The number of aromatic nitrogens is 3. The fraction of sp³-hybridized carbons (Fsp3) is 0.143. The van der Waals surface area contributed by atoms with Crippen molar-refractivity contribution in [2.75, 3.05) is 12.4 Å². The van der Waals surface area contributed by atoms with Crippen LogP contribution in [0.3, 0.4) is 0 Å². The van der Waals surface area contributed by atoms with E-state index in [0.717, 1.165) is 39.7 Å². The van der Waals surface area contributed by atoms with Gasteiger partial charge in [0.05, 0.1) is 13.3 Å². The zero-order chi connectivity index (χ0) is 18.1. The molecule has 0 fully saturated rings. The first-order valence-electron chi connectivity index (χ1n) is 8.47. The summed E-state index contributed by atoms with van der Waals surface area (Å²) in [6.07, 6.45) is 1.86. The largest absolute Gasteiger partial charge is 0.497 e. The van der Waals surface area contributed by atoms with Crippen LogP contribution in [0.5, 0.6) is 5.75 Å². The van der Waals surface area contributed by atoms with E-state index in [1.165, 1.54) is 5.56 Å². The molecule has 2 aromatic heterocycles. The maximum absolute atomic E-state index is 5.30. The monoisotopic (exact) mass is 344 g/mol. The zero-order valence-corrected chi connectivity index (χ0v) is 15.0. The van der Waals surface area contributed by atoms with Gasteiger partial charge < -0.3 is 10.1 Å². The number of ether oxygens (including phenoxy) is 1. The minimum absolute atomic E-state index is 0.804. The van der Waals surface area contributed by atoms with Gasteiger partial charge in [-0.05, 0) is 31.5 Å². The minimum Gasteiger partial charge on any atom is -0.497 e. The lowest BCUT2D eigenvalue weighted by molar-refractivity contribution is 0.415. The Morgan fingerprint density at radius 2 is 1.81 bits per heavy atom. The molecule has 4 rings (SSSR count). The van der Waals surface area contributed by atoms with Crippen molar-refractivity contribution in [1.29, 1.82) is 0 Å². The average molecular weight is 344 g/mol. The first-order chi connectivity index (χ1) is 12.6. The number of aryl methyl sites for hydroxylation is 2. The molecule has 0 aliphatic rings. The molecule has 0 amide bonds. The van der Waals surface area contributed by atoms with Gasteiger partial charge in [0.25, 0.3) is 0 Å². The summed E-state index contributed by atoms with van der Waals surface area (Å²) in [6, 6.07) is 18.2. The summed E-state index contributed by atoms with van der Waals surface area (Å²) in [4.78, 5) is 4.71. The Bertz CT molecular complexity index is 1070. The van der Waals surface area contributed by atoms with Gasteiger partial charge in [-0.1, -0.05) is 35.9 Å². The maximum atomic E-state index is 5.30. The van der Waals surface area contributed by atoms with E-state index in [2.05, 4.69) is 41.6 Å². The number of methoxy groups -OCH3 is 1. The number of rotatable bonds is 4. The molecule has 0 spiro atoms. The van der Waals surface area contributed by atoms with Crippen LogP contribution in [0, 0.1) is 13.8 Å². The van der Waals surface area contributed by atoms with Crippen molar-refractivity contribution < 1.29 is 4.74 Å². The van der Waals surface area contributed by atoms with E-state index in [1.807, 2.05) is 48.0 Å². The van der Waals surface area contributed by atoms with E-state index in [0.29, 0.717) is 0 Å². The molecule has 0 saturated carbocycles. The SMILES string of the molecule is COc1cccc(Nc2cc(C)nc3c(-c4ccc(C)cc4)cnn23)c1. The van der Waals surface area contributed by atoms with Gasteiger partial charge >= 0.3 is 0 Å². The van der Waals surface area contributed by atoms with E-state index >= 15 is 0 Å². The van der Waals surface area contributed by atoms with Crippen LogP contribution in [0.25, 0.3) is 16.8 Å². The molecule has 5 nitrogen and oxygen atoms in total. The van der Waals surface area contributed by atoms with Crippen LogP contribution < -0.4 is 10.1 Å². The Morgan fingerprint density at radius 1 is 1.00 bits per heavy atom. The van der Waals surface area contributed by atoms with Gasteiger partial charge in [0.2, 0.25) is 0 Å². The normalized spacial score (nSPS) is 10.9. The second kappa shape index (κ2) is 6.52. The van der Waals surface area contributed by atoms with Crippen LogP contribution in [-0.4, -0.2) is 21.7 Å². The molecular weight excluding hydrogens is 324 g/mol. The second-order valence-electron chi connectivity index (χ2n) is 6.30. The Hall–Kier alpha value is -3.34. The van der Waals surface area contributed by atoms with E-state index in [-0.39, 0.29) is 0 Å². The molecule has 0 bridgehead atoms. The van der Waals surface area contributed by atoms with Gasteiger partial charge in [0.1, 0.15) is 11.6 Å². The Balaban J connectivity index is 1.79. The van der Waals surface area contributed by atoms with Crippen molar-refractivity contribution in [3.8, 4) is 16.9 Å². The maximum Gasteiger partial charge on any atom is 0.165 e. The molecule has 0 unspecified atom stereocenters. The third-order valence-corrected chi connectivity index (χ3v) is 4.30. The molecule has 26 heavy (non-hydrogen) atoms. The third kappa shape index (κ3) is 2.99. The van der Waals surface area contributed by atoms with Gasteiger partial charge in [-0.3, -0.25) is 0 Å². The predicted octanol–water partition coefficient (Wildman–Crippen LogP) is 4.77. The molecule has 0 radical (unpaired) electrons. The van der Waals surface area contributed by atoms with E-state index in [1.54, 1.807) is 7.11 Å². The fourth-order valence-corrected chi connectivity index (χ4v) is 2.96. The van der Waals surface area contributed by atoms with Gasteiger partial charge in [-0.15, -0.1) is 0 Å². The first kappa shape index (κ1) is 16.1. The molecule has 130 valence electrons. The summed E-state index contributed by atoms with van der Waals surface area (Å²) in [7, 11) is 1.66. The Morgan fingerprint density at radius 3 is 2.58 bits per heavy atom. The quantitative estimate of drug-likeness (QED) is 0.580. The highest BCUT2D eigenvalue weighted by molar-refractivity contribution is 5.78. The summed E-state index contributed by atoms with van der Waals surface area (Å²) in [5.41, 5.74) is 6.05. The fourth-order valence-electron chi connectivity index (χ4n) is 2.96. The average Bonchev–Trinajstić information content (AvgIpc) is 3.06. The first-order valence-corrected chi connectivity index (χ1v) is 8.47. The highest BCUT2D eigenvalue weighted by Gasteiger charge is 2.12. The minimum atomic E-state index is 0.804. The number of hydrogen-bond donors (Lipinski definition) is 1. The van der Waals surface area contributed by atoms with E-state index in [4.69, 9.17) is 9.72 Å². The molecule has 0 aliphatic heterocycles. The van der Waals surface area contributed by atoms with Crippen LogP contribution in [0.2, 0.25) is 0 Å². The summed E-state index contributed by atoms with van der Waals surface area (Å²) >= 11 is 0. The van der Waals surface area contributed by atoms with Crippen molar-refractivity contribution in [2.45, 2.75) is 13.8 Å². The number of fused-ring (bicyclic) bond motifs is 1. The van der Waals surface area contributed by atoms with E-state index < -0.39 is 0 Å². The number of hydrogen-bond acceptors (Lipinski definition) is 4. The Labute approximate surface area is 152 Å². The molecule has 2 aromatic carbocycles. The van der Waals surface area contributed by atoms with E-state index in [9.17, 15) is 0 Å². The second-order valence-corrected chi connectivity index (χ2v) is 6.30. The summed E-state index contributed by atoms with van der Waals surface area (Å²) < 4.78 is 7.14. The van der Waals surface area contributed by atoms with Crippen molar-refractivity contribution in [1.82, 2.24) is 14.6 Å². The third-order valence-electron chi connectivity index (χ3n) is 4.30. The molecule has 4 aromatic rings. The summed E-state index contributed by atoms with van der Waals surface area (Å²) in [6.45, 7) is 4.07. The van der Waals surface area contributed by atoms with Crippen LogP contribution >= 0.6 is 0 Å². The van der Waals surface area contributed by atoms with Crippen molar-refractivity contribution in [3.63, 3.8) is 0 Å². The molecule has 1 N–H and O–H groups in total. The number of anilines is 2. The van der Waals surface area contributed by atoms with Crippen LogP contribution in [0.4, 0.5) is 11.5 Å². The molecule has 5 heteroatoms. The van der Waals surface area contributed by atoms with Crippen LogP contribution in [0.15, 0.2) is 60.8 Å². The van der Waals surface area contributed by atoms with Crippen LogP contribution in [-0.2, 0) is 0 Å².